The maximum absolute atomic E-state index is 11.2. The monoisotopic (exact) mass is 183 g/mol. The summed E-state index contributed by atoms with van der Waals surface area (Å²) in [5.41, 5.74) is 0. The van der Waals surface area contributed by atoms with Crippen molar-refractivity contribution in [3.8, 4) is 0 Å². The van der Waals surface area contributed by atoms with E-state index in [1.807, 2.05) is 6.92 Å². The van der Waals surface area contributed by atoms with Crippen LogP contribution in [-0.2, 0) is 4.79 Å². The Labute approximate surface area is 76.9 Å². The van der Waals surface area contributed by atoms with E-state index in [1.165, 1.54) is 11.1 Å². The number of carbonyl (C=O) groups is 1. The highest BCUT2D eigenvalue weighted by Gasteiger charge is 2.25. The average molecular weight is 183 g/mol. The zero-order valence-electron chi connectivity index (χ0n) is 7.64. The van der Waals surface area contributed by atoms with Gasteiger partial charge >= 0.3 is 0 Å². The normalized spacial score (nSPS) is 22.7. The molecule has 1 atom stereocenters. The second-order valence-electron chi connectivity index (χ2n) is 3.08. The number of amides is 1. The molecule has 0 radical (unpaired) electrons. The lowest BCUT2D eigenvalue weighted by Gasteiger charge is -2.35. The molecular formula is C8H13N3O2. The summed E-state index contributed by atoms with van der Waals surface area (Å²) < 4.78 is 0. The fraction of sp³-hybridized carbons (Fsp3) is 0.625. The van der Waals surface area contributed by atoms with Gasteiger partial charge in [-0.2, -0.15) is 0 Å². The smallest absolute Gasteiger partial charge is 0.246 e. The fourth-order valence-corrected chi connectivity index (χ4v) is 1.40. The standard InChI is InChI=1S/C8H13N3O2/c1-3-8(12)10-4-5-11(9-13)7(2)6-10/h3,7H,1,4-6H2,2H3/t7-/m0/s1. The summed E-state index contributed by atoms with van der Waals surface area (Å²) in [6, 6.07) is -0.00449. The molecule has 0 bridgehead atoms. The summed E-state index contributed by atoms with van der Waals surface area (Å²) in [7, 11) is 0. The predicted molar refractivity (Wildman–Crippen MR) is 48.7 cm³/mol. The van der Waals surface area contributed by atoms with Gasteiger partial charge in [0.2, 0.25) is 5.91 Å². The van der Waals surface area contributed by atoms with Crippen LogP contribution in [-0.4, -0.2) is 41.5 Å². The second-order valence-corrected chi connectivity index (χ2v) is 3.08. The fourth-order valence-electron chi connectivity index (χ4n) is 1.40. The molecule has 5 nitrogen and oxygen atoms in total. The van der Waals surface area contributed by atoms with Gasteiger partial charge in [0, 0.05) is 13.1 Å². The summed E-state index contributed by atoms with van der Waals surface area (Å²) in [5, 5.41) is 4.32. The molecular weight excluding hydrogens is 170 g/mol. The van der Waals surface area contributed by atoms with Gasteiger partial charge in [0.25, 0.3) is 0 Å². The lowest BCUT2D eigenvalue weighted by molar-refractivity contribution is -0.128. The Balaban J connectivity index is 2.54. The van der Waals surface area contributed by atoms with E-state index in [9.17, 15) is 9.70 Å². The number of carbonyl (C=O) groups excluding carboxylic acids is 1. The molecule has 1 saturated heterocycles. The quantitative estimate of drug-likeness (QED) is 0.459. The van der Waals surface area contributed by atoms with Crippen molar-refractivity contribution in [3.63, 3.8) is 0 Å². The molecule has 5 heteroatoms. The number of rotatable bonds is 2. The lowest BCUT2D eigenvalue weighted by atomic mass is 10.2. The summed E-state index contributed by atoms with van der Waals surface area (Å²) in [6.07, 6.45) is 1.29. The van der Waals surface area contributed by atoms with Crippen LogP contribution >= 0.6 is 0 Å². The van der Waals surface area contributed by atoms with Crippen LogP contribution in [0.25, 0.3) is 0 Å². The number of hydrogen-bond acceptors (Lipinski definition) is 3. The molecule has 72 valence electrons. The molecule has 0 aliphatic carbocycles. The third-order valence-electron chi connectivity index (χ3n) is 2.18. The number of piperazine rings is 1. The Hall–Kier alpha value is -1.39. The van der Waals surface area contributed by atoms with Gasteiger partial charge in [-0.25, -0.2) is 0 Å². The minimum atomic E-state index is -0.0857. The molecule has 0 saturated carbocycles. The summed E-state index contributed by atoms with van der Waals surface area (Å²) >= 11 is 0. The zero-order chi connectivity index (χ0) is 9.84. The molecule has 0 N–H and O–H groups in total. The highest BCUT2D eigenvalue weighted by atomic mass is 16.3. The van der Waals surface area contributed by atoms with Crippen molar-refractivity contribution in [2.45, 2.75) is 13.0 Å². The van der Waals surface area contributed by atoms with Crippen LogP contribution in [0, 0.1) is 4.91 Å². The third-order valence-corrected chi connectivity index (χ3v) is 2.18. The van der Waals surface area contributed by atoms with E-state index in [0.29, 0.717) is 19.6 Å². The van der Waals surface area contributed by atoms with E-state index >= 15 is 0 Å². The van der Waals surface area contributed by atoms with E-state index in [-0.39, 0.29) is 11.9 Å². The number of nitrogens with zero attached hydrogens (tertiary/aromatic N) is 3. The van der Waals surface area contributed by atoms with Crippen molar-refractivity contribution in [3.05, 3.63) is 17.6 Å². The first-order valence-electron chi connectivity index (χ1n) is 4.20. The van der Waals surface area contributed by atoms with Gasteiger partial charge in [0.05, 0.1) is 17.9 Å². The van der Waals surface area contributed by atoms with Crippen molar-refractivity contribution in [2.75, 3.05) is 19.6 Å². The molecule has 1 amide bonds. The summed E-state index contributed by atoms with van der Waals surface area (Å²) in [6.45, 7) is 6.86. The second kappa shape index (κ2) is 4.02. The lowest BCUT2D eigenvalue weighted by Crippen LogP contribution is -2.51. The van der Waals surface area contributed by atoms with Crippen molar-refractivity contribution < 1.29 is 4.79 Å². The highest BCUT2D eigenvalue weighted by Crippen LogP contribution is 2.09. The van der Waals surface area contributed by atoms with Gasteiger partial charge in [-0.3, -0.25) is 9.80 Å². The molecule has 0 unspecified atom stereocenters. The summed E-state index contributed by atoms with van der Waals surface area (Å²) in [5.74, 6) is -0.0857. The van der Waals surface area contributed by atoms with Crippen LogP contribution in [0.4, 0.5) is 0 Å². The molecule has 0 aromatic rings. The first-order valence-corrected chi connectivity index (χ1v) is 4.20. The van der Waals surface area contributed by atoms with Crippen molar-refractivity contribution in [1.29, 1.82) is 0 Å². The van der Waals surface area contributed by atoms with E-state index in [0.717, 1.165) is 0 Å². The molecule has 0 aromatic heterocycles. The molecule has 13 heavy (non-hydrogen) atoms. The molecule has 1 aliphatic rings. The van der Waals surface area contributed by atoms with E-state index in [2.05, 4.69) is 11.9 Å². The van der Waals surface area contributed by atoms with Gasteiger partial charge in [-0.15, -0.1) is 4.91 Å². The van der Waals surface area contributed by atoms with Crippen LogP contribution in [0.3, 0.4) is 0 Å². The van der Waals surface area contributed by atoms with Gasteiger partial charge in [-0.1, -0.05) is 6.58 Å². The Morgan fingerprint density at radius 3 is 2.77 bits per heavy atom. The van der Waals surface area contributed by atoms with Gasteiger partial charge < -0.3 is 4.90 Å². The largest absolute Gasteiger partial charge is 0.335 e. The Kier molecular flexibility index (Phi) is 3.00. The molecule has 1 rings (SSSR count). The minimum Gasteiger partial charge on any atom is -0.335 e. The summed E-state index contributed by atoms with van der Waals surface area (Å²) in [4.78, 5) is 23.1. The van der Waals surface area contributed by atoms with Crippen LogP contribution < -0.4 is 0 Å². The maximum Gasteiger partial charge on any atom is 0.246 e. The van der Waals surface area contributed by atoms with Crippen molar-refractivity contribution in [1.82, 2.24) is 9.91 Å². The van der Waals surface area contributed by atoms with E-state index in [1.54, 1.807) is 4.90 Å². The van der Waals surface area contributed by atoms with Gasteiger partial charge in [0.1, 0.15) is 0 Å². The number of hydrogen-bond donors (Lipinski definition) is 0. The van der Waals surface area contributed by atoms with Crippen LogP contribution in [0.15, 0.2) is 17.9 Å². The average Bonchev–Trinajstić information content (AvgIpc) is 2.16. The molecule has 1 aliphatic heterocycles. The van der Waals surface area contributed by atoms with E-state index < -0.39 is 0 Å². The van der Waals surface area contributed by atoms with E-state index in [4.69, 9.17) is 0 Å². The zero-order valence-corrected chi connectivity index (χ0v) is 7.64. The Morgan fingerprint density at radius 2 is 2.31 bits per heavy atom. The van der Waals surface area contributed by atoms with Crippen LogP contribution in [0.2, 0.25) is 0 Å². The van der Waals surface area contributed by atoms with Crippen LogP contribution in [0.5, 0.6) is 0 Å². The Bertz CT molecular complexity index is 229. The maximum atomic E-state index is 11.2. The molecule has 1 fully saturated rings. The molecule has 0 aromatic carbocycles. The third kappa shape index (κ3) is 2.05. The number of nitroso groups, excluding NO2 is 1. The predicted octanol–water partition coefficient (Wildman–Crippen LogP) is 0.387. The van der Waals surface area contributed by atoms with Gasteiger partial charge in [-0.05, 0) is 13.0 Å². The topological polar surface area (TPSA) is 53.0 Å². The van der Waals surface area contributed by atoms with Crippen molar-refractivity contribution >= 4 is 5.91 Å². The van der Waals surface area contributed by atoms with Gasteiger partial charge in [0.15, 0.2) is 0 Å². The minimum absolute atomic E-state index is 0.00449. The first-order chi connectivity index (χ1) is 6.19. The molecule has 0 spiro atoms. The Morgan fingerprint density at radius 1 is 1.62 bits per heavy atom. The highest BCUT2D eigenvalue weighted by molar-refractivity contribution is 5.87. The SMILES string of the molecule is C=CC(=O)N1CCN(N=O)[C@@H](C)C1. The molecule has 1 heterocycles. The van der Waals surface area contributed by atoms with Crippen molar-refractivity contribution in [2.24, 2.45) is 5.29 Å². The van der Waals surface area contributed by atoms with Crippen LogP contribution in [0.1, 0.15) is 6.92 Å². The first kappa shape index (κ1) is 9.70.